The van der Waals surface area contributed by atoms with Gasteiger partial charge >= 0.3 is 0 Å². The third-order valence-corrected chi connectivity index (χ3v) is 6.46. The summed E-state index contributed by atoms with van der Waals surface area (Å²) in [7, 11) is 4.25. The number of hydrogen-bond acceptors (Lipinski definition) is 5. The lowest BCUT2D eigenvalue weighted by atomic mass is 9.48. The van der Waals surface area contributed by atoms with E-state index in [2.05, 4.69) is 42.9 Å². The van der Waals surface area contributed by atoms with Crippen molar-refractivity contribution in [3.63, 3.8) is 0 Å². The van der Waals surface area contributed by atoms with E-state index in [1.165, 1.54) is 19.3 Å². The highest BCUT2D eigenvalue weighted by Gasteiger charge is 2.63. The van der Waals surface area contributed by atoms with E-state index in [1.54, 1.807) is 0 Å². The maximum Gasteiger partial charge on any atom is 0.292 e. The van der Waals surface area contributed by atoms with Crippen molar-refractivity contribution in [2.45, 2.75) is 33.1 Å². The number of rotatable bonds is 4. The highest BCUT2D eigenvalue weighted by molar-refractivity contribution is 5.92. The van der Waals surface area contributed by atoms with E-state index in [-0.39, 0.29) is 11.3 Å². The quantitative estimate of drug-likeness (QED) is 0.837. The summed E-state index contributed by atoms with van der Waals surface area (Å²) in [4.78, 5) is 19.4. The topological polar surface area (TPSA) is 52.8 Å². The van der Waals surface area contributed by atoms with Gasteiger partial charge in [-0.05, 0) is 44.7 Å². The minimum Gasteiger partial charge on any atom is -0.354 e. The van der Waals surface area contributed by atoms with Crippen molar-refractivity contribution in [3.05, 3.63) is 11.8 Å². The molecule has 1 saturated carbocycles. The normalized spacial score (nSPS) is 30.7. The minimum absolute atomic E-state index is 0.00118. The molecule has 2 aliphatic heterocycles. The number of carbonyl (C=O) groups excluding carboxylic acids is 1. The number of fused-ring (bicyclic) bond motifs is 1. The Labute approximate surface area is 150 Å². The second-order valence-corrected chi connectivity index (χ2v) is 9.25. The van der Waals surface area contributed by atoms with E-state index in [9.17, 15) is 4.79 Å². The highest BCUT2D eigenvalue weighted by Crippen LogP contribution is 2.62. The summed E-state index contributed by atoms with van der Waals surface area (Å²) in [5.41, 5.74) is 0.549. The molecule has 0 bridgehead atoms. The Bertz CT molecular complexity index is 658. The molecule has 0 radical (unpaired) electrons. The van der Waals surface area contributed by atoms with E-state index in [0.717, 1.165) is 38.5 Å². The van der Waals surface area contributed by atoms with Crippen LogP contribution in [0.1, 0.15) is 43.7 Å². The van der Waals surface area contributed by atoms with Crippen molar-refractivity contribution in [1.29, 1.82) is 0 Å². The first-order chi connectivity index (χ1) is 11.8. The fraction of sp³-hybridized carbons (Fsp3) is 0.789. The van der Waals surface area contributed by atoms with Crippen LogP contribution in [0.2, 0.25) is 0 Å². The Balaban J connectivity index is 1.50. The molecule has 0 unspecified atom stereocenters. The molecular weight excluding hydrogens is 316 g/mol. The molecule has 0 N–H and O–H groups in total. The molecule has 2 atom stereocenters. The summed E-state index contributed by atoms with van der Waals surface area (Å²) < 4.78 is 5.41. The van der Waals surface area contributed by atoms with Gasteiger partial charge in [-0.15, -0.1) is 0 Å². The van der Waals surface area contributed by atoms with Gasteiger partial charge in [0.15, 0.2) is 5.82 Å². The summed E-state index contributed by atoms with van der Waals surface area (Å²) >= 11 is 0. The average Bonchev–Trinajstić information content (AvgIpc) is 3.23. The molecule has 6 heteroatoms. The van der Waals surface area contributed by atoms with E-state index in [4.69, 9.17) is 4.52 Å². The first-order valence-corrected chi connectivity index (χ1v) is 9.46. The van der Waals surface area contributed by atoms with Gasteiger partial charge in [-0.1, -0.05) is 19.0 Å². The first kappa shape index (κ1) is 16.9. The molecule has 6 nitrogen and oxygen atoms in total. The minimum atomic E-state index is 0.00118. The zero-order chi connectivity index (χ0) is 17.8. The highest BCUT2D eigenvalue weighted by atomic mass is 16.5. The van der Waals surface area contributed by atoms with Crippen LogP contribution in [0.4, 0.5) is 5.82 Å². The number of aromatic nitrogens is 1. The van der Waals surface area contributed by atoms with Crippen molar-refractivity contribution in [3.8, 4) is 0 Å². The molecule has 1 aromatic rings. The van der Waals surface area contributed by atoms with Crippen molar-refractivity contribution < 1.29 is 9.32 Å². The van der Waals surface area contributed by atoms with E-state index >= 15 is 0 Å². The lowest BCUT2D eigenvalue weighted by molar-refractivity contribution is -0.0789. The number of hydrogen-bond donors (Lipinski definition) is 0. The molecule has 3 fully saturated rings. The second-order valence-electron chi connectivity index (χ2n) is 9.25. The Hall–Kier alpha value is -1.56. The summed E-state index contributed by atoms with van der Waals surface area (Å²) in [6.45, 7) is 9.38. The third kappa shape index (κ3) is 2.75. The van der Waals surface area contributed by atoms with Gasteiger partial charge in [0, 0.05) is 44.2 Å². The van der Waals surface area contributed by atoms with Crippen molar-refractivity contribution >= 4 is 11.7 Å². The van der Waals surface area contributed by atoms with Crippen LogP contribution in [0.3, 0.4) is 0 Å². The van der Waals surface area contributed by atoms with E-state index < -0.39 is 0 Å². The molecule has 2 saturated heterocycles. The fourth-order valence-electron chi connectivity index (χ4n) is 5.74. The number of likely N-dealkylation sites (tertiary alicyclic amines) is 1. The maximum atomic E-state index is 13.0. The first-order valence-electron chi connectivity index (χ1n) is 9.46. The van der Waals surface area contributed by atoms with E-state index in [0.29, 0.717) is 17.1 Å². The van der Waals surface area contributed by atoms with Crippen LogP contribution in [0.15, 0.2) is 10.6 Å². The smallest absolute Gasteiger partial charge is 0.292 e. The van der Waals surface area contributed by atoms with Crippen LogP contribution < -0.4 is 4.90 Å². The van der Waals surface area contributed by atoms with Gasteiger partial charge in [0.25, 0.3) is 5.91 Å². The Morgan fingerprint density at radius 2 is 2.08 bits per heavy atom. The molecule has 1 aliphatic carbocycles. The molecule has 3 heterocycles. The van der Waals surface area contributed by atoms with Crippen molar-refractivity contribution in [2.24, 2.45) is 16.7 Å². The predicted octanol–water partition coefficient (Wildman–Crippen LogP) is 2.32. The molecule has 3 aliphatic rings. The summed E-state index contributed by atoms with van der Waals surface area (Å²) in [5.74, 6) is 1.76. The average molecular weight is 346 g/mol. The van der Waals surface area contributed by atoms with Gasteiger partial charge < -0.3 is 19.2 Å². The van der Waals surface area contributed by atoms with Gasteiger partial charge in [-0.25, -0.2) is 0 Å². The van der Waals surface area contributed by atoms with Crippen LogP contribution in [-0.2, 0) is 0 Å². The molecule has 0 aromatic carbocycles. The van der Waals surface area contributed by atoms with Crippen LogP contribution in [0.5, 0.6) is 0 Å². The molecule has 1 amide bonds. The molecule has 4 rings (SSSR count). The third-order valence-electron chi connectivity index (χ3n) is 6.46. The zero-order valence-corrected chi connectivity index (χ0v) is 15.9. The van der Waals surface area contributed by atoms with Crippen molar-refractivity contribution in [1.82, 2.24) is 15.0 Å². The second kappa shape index (κ2) is 5.73. The van der Waals surface area contributed by atoms with Crippen LogP contribution in [0.25, 0.3) is 0 Å². The fourth-order valence-corrected chi connectivity index (χ4v) is 5.74. The van der Waals surface area contributed by atoms with Gasteiger partial charge in [0.05, 0.1) is 0 Å². The van der Waals surface area contributed by atoms with Gasteiger partial charge in [0.2, 0.25) is 5.76 Å². The van der Waals surface area contributed by atoms with Gasteiger partial charge in [0.1, 0.15) is 0 Å². The lowest BCUT2D eigenvalue weighted by Gasteiger charge is -2.57. The molecule has 25 heavy (non-hydrogen) atoms. The number of carbonyl (C=O) groups is 1. The van der Waals surface area contributed by atoms with Crippen LogP contribution >= 0.6 is 0 Å². The number of anilines is 1. The van der Waals surface area contributed by atoms with Gasteiger partial charge in [-0.2, -0.15) is 0 Å². The molecular formula is C19H30N4O2. The summed E-state index contributed by atoms with van der Waals surface area (Å²) in [5, 5.41) is 4.13. The van der Waals surface area contributed by atoms with Crippen molar-refractivity contribution in [2.75, 3.05) is 51.7 Å². The van der Waals surface area contributed by atoms with Gasteiger partial charge in [-0.3, -0.25) is 4.79 Å². The zero-order valence-electron chi connectivity index (χ0n) is 15.9. The largest absolute Gasteiger partial charge is 0.354 e. The Morgan fingerprint density at radius 1 is 1.36 bits per heavy atom. The number of nitrogens with zero attached hydrogens (tertiary/aromatic N) is 4. The molecule has 0 spiro atoms. The monoisotopic (exact) mass is 346 g/mol. The molecule has 138 valence electrons. The summed E-state index contributed by atoms with van der Waals surface area (Å²) in [6.07, 6.45) is 3.56. The summed E-state index contributed by atoms with van der Waals surface area (Å²) in [6, 6.07) is 1.83. The van der Waals surface area contributed by atoms with Crippen LogP contribution in [-0.4, -0.2) is 67.7 Å². The van der Waals surface area contributed by atoms with Crippen LogP contribution in [0, 0.1) is 16.7 Å². The Morgan fingerprint density at radius 3 is 2.72 bits per heavy atom. The van der Waals surface area contributed by atoms with E-state index in [1.807, 2.05) is 11.0 Å². The number of amides is 1. The lowest BCUT2D eigenvalue weighted by Crippen LogP contribution is -2.57. The predicted molar refractivity (Wildman–Crippen MR) is 96.7 cm³/mol. The Kier molecular flexibility index (Phi) is 3.87. The standard InChI is InChI=1S/C19H30N4O2/c1-18(2)11-19(12-21(3)4)13-23(10-15(18)19)17(24)14-9-16(20-25-14)22-7-5-6-8-22/h9,15H,5-8,10-13H2,1-4H3/t15-,19+/m1/s1. The SMILES string of the molecule is CN(C)C[C@@]12CN(C(=O)c3cc(N4CCCC4)no3)C[C@@H]1C(C)(C)C2. The maximum absolute atomic E-state index is 13.0. The molecule has 1 aromatic heterocycles.